The zero-order valence-electron chi connectivity index (χ0n) is 14.4. The van der Waals surface area contributed by atoms with Crippen LogP contribution in [-0.4, -0.2) is 33.5 Å². The molecule has 0 aliphatic rings. The first-order valence-electron chi connectivity index (χ1n) is 7.60. The van der Waals surface area contributed by atoms with Crippen LogP contribution in [0.3, 0.4) is 0 Å². The molecule has 144 valence electrons. The normalized spacial score (nSPS) is 12.1. The minimum Gasteiger partial charge on any atom is -0.497 e. The molecule has 0 fully saturated rings. The Hall–Kier alpha value is -2.62. The predicted octanol–water partition coefficient (Wildman–Crippen LogP) is 2.18. The molecule has 0 heterocycles. The summed E-state index contributed by atoms with van der Waals surface area (Å²) in [6.07, 6.45) is -1.17. The molecule has 2 aromatic rings. The third-order valence-corrected chi connectivity index (χ3v) is 4.72. The summed E-state index contributed by atoms with van der Waals surface area (Å²) in [6, 6.07) is 9.99. The number of nitrogens with two attached hydrogens (primary N) is 1. The van der Waals surface area contributed by atoms with Crippen LogP contribution in [0.5, 0.6) is 5.75 Å². The minimum absolute atomic E-state index is 0.0344. The number of anilines is 1. The van der Waals surface area contributed by atoms with Crippen LogP contribution < -0.4 is 15.2 Å². The molecule has 0 saturated carbocycles. The molecule has 2 rings (SSSR count). The fourth-order valence-electron chi connectivity index (χ4n) is 2.06. The van der Waals surface area contributed by atoms with Crippen molar-refractivity contribution in [3.05, 3.63) is 53.1 Å². The topological polar surface area (TPSA) is 125 Å². The van der Waals surface area contributed by atoms with Crippen molar-refractivity contribution in [2.45, 2.75) is 17.9 Å². The SMILES string of the molecule is COc1cccc(NC(=O)[C@H](C)OC(=O)c2cc(S(N)(=O)=O)ccc2Cl)c1. The zero-order valence-corrected chi connectivity index (χ0v) is 16.0. The van der Waals surface area contributed by atoms with Crippen molar-refractivity contribution in [1.82, 2.24) is 0 Å². The highest BCUT2D eigenvalue weighted by Crippen LogP contribution is 2.22. The van der Waals surface area contributed by atoms with Gasteiger partial charge in [-0.2, -0.15) is 0 Å². The van der Waals surface area contributed by atoms with Gasteiger partial charge < -0.3 is 14.8 Å². The standard InChI is InChI=1S/C17H17ClN2O6S/c1-10(16(21)20-11-4-3-5-12(8-11)25-2)26-17(22)14-9-13(27(19,23)24)6-7-15(14)18/h3-10H,1-2H3,(H,20,21)(H2,19,23,24)/t10-/m0/s1. The molecule has 2 aromatic carbocycles. The average molecular weight is 413 g/mol. The highest BCUT2D eigenvalue weighted by molar-refractivity contribution is 7.89. The number of hydrogen-bond acceptors (Lipinski definition) is 6. The van der Waals surface area contributed by atoms with Gasteiger partial charge in [0.2, 0.25) is 10.0 Å². The van der Waals surface area contributed by atoms with Gasteiger partial charge in [0.15, 0.2) is 6.10 Å². The molecule has 0 radical (unpaired) electrons. The second kappa shape index (κ2) is 8.38. The predicted molar refractivity (Wildman–Crippen MR) is 99.3 cm³/mol. The summed E-state index contributed by atoms with van der Waals surface area (Å²) in [5.41, 5.74) is 0.237. The summed E-state index contributed by atoms with van der Waals surface area (Å²) in [4.78, 5) is 24.2. The molecular formula is C17H17ClN2O6S. The van der Waals surface area contributed by atoms with Crippen LogP contribution in [0.15, 0.2) is 47.4 Å². The van der Waals surface area contributed by atoms with E-state index in [0.29, 0.717) is 11.4 Å². The summed E-state index contributed by atoms with van der Waals surface area (Å²) in [5.74, 6) is -1.00. The summed E-state index contributed by atoms with van der Waals surface area (Å²) >= 11 is 5.92. The molecule has 0 unspecified atom stereocenters. The molecule has 1 atom stereocenters. The third-order valence-electron chi connectivity index (χ3n) is 3.48. The number of carbonyl (C=O) groups excluding carboxylic acids is 2. The Balaban J connectivity index is 2.11. The molecule has 0 aliphatic carbocycles. The Morgan fingerprint density at radius 3 is 2.52 bits per heavy atom. The van der Waals surface area contributed by atoms with Crippen molar-refractivity contribution in [3.8, 4) is 5.75 Å². The lowest BCUT2D eigenvalue weighted by Gasteiger charge is -2.15. The van der Waals surface area contributed by atoms with Gasteiger partial charge in [0.25, 0.3) is 5.91 Å². The quantitative estimate of drug-likeness (QED) is 0.700. The average Bonchev–Trinajstić information content (AvgIpc) is 2.61. The van der Waals surface area contributed by atoms with Crippen LogP contribution in [0, 0.1) is 0 Å². The zero-order chi connectivity index (χ0) is 20.2. The number of esters is 1. The Labute approximate surface area is 161 Å². The number of carbonyl (C=O) groups is 2. The summed E-state index contributed by atoms with van der Waals surface area (Å²) < 4.78 is 33.0. The number of amides is 1. The van der Waals surface area contributed by atoms with Gasteiger partial charge in [-0.25, -0.2) is 18.4 Å². The Kier molecular flexibility index (Phi) is 6.42. The number of methoxy groups -OCH3 is 1. The van der Waals surface area contributed by atoms with Gasteiger partial charge in [0.05, 0.1) is 22.6 Å². The lowest BCUT2D eigenvalue weighted by Crippen LogP contribution is -2.30. The van der Waals surface area contributed by atoms with E-state index in [1.807, 2.05) is 0 Å². The second-order valence-electron chi connectivity index (χ2n) is 5.46. The molecule has 0 saturated heterocycles. The first kappa shape index (κ1) is 20.7. The maximum Gasteiger partial charge on any atom is 0.340 e. The number of sulfonamides is 1. The first-order chi connectivity index (χ1) is 12.6. The number of hydrogen-bond donors (Lipinski definition) is 2. The Morgan fingerprint density at radius 1 is 1.19 bits per heavy atom. The first-order valence-corrected chi connectivity index (χ1v) is 9.52. The van der Waals surface area contributed by atoms with Crippen molar-refractivity contribution in [2.75, 3.05) is 12.4 Å². The van der Waals surface area contributed by atoms with E-state index >= 15 is 0 Å². The molecular weight excluding hydrogens is 396 g/mol. The van der Waals surface area contributed by atoms with Gasteiger partial charge >= 0.3 is 5.97 Å². The van der Waals surface area contributed by atoms with Crippen molar-refractivity contribution in [3.63, 3.8) is 0 Å². The van der Waals surface area contributed by atoms with E-state index in [-0.39, 0.29) is 15.5 Å². The molecule has 0 bridgehead atoms. The van der Waals surface area contributed by atoms with Crippen LogP contribution >= 0.6 is 11.6 Å². The van der Waals surface area contributed by atoms with Gasteiger partial charge in [-0.05, 0) is 37.3 Å². The molecule has 3 N–H and O–H groups in total. The van der Waals surface area contributed by atoms with Crippen molar-refractivity contribution in [2.24, 2.45) is 5.14 Å². The largest absolute Gasteiger partial charge is 0.497 e. The number of nitrogens with one attached hydrogen (secondary N) is 1. The third kappa shape index (κ3) is 5.43. The van der Waals surface area contributed by atoms with Crippen LogP contribution in [-0.2, 0) is 19.6 Å². The van der Waals surface area contributed by atoms with Gasteiger partial charge in [0, 0.05) is 11.8 Å². The van der Waals surface area contributed by atoms with Crippen LogP contribution in [0.4, 0.5) is 5.69 Å². The van der Waals surface area contributed by atoms with E-state index in [1.165, 1.54) is 20.1 Å². The molecule has 10 heteroatoms. The molecule has 0 spiro atoms. The number of benzene rings is 2. The molecule has 8 nitrogen and oxygen atoms in total. The summed E-state index contributed by atoms with van der Waals surface area (Å²) in [7, 11) is -2.53. The minimum atomic E-state index is -4.03. The molecule has 27 heavy (non-hydrogen) atoms. The van der Waals surface area contributed by atoms with Crippen molar-refractivity contribution >= 4 is 39.2 Å². The molecule has 0 aromatic heterocycles. The highest BCUT2D eigenvalue weighted by Gasteiger charge is 2.22. The van der Waals surface area contributed by atoms with E-state index in [9.17, 15) is 18.0 Å². The van der Waals surface area contributed by atoms with Crippen molar-refractivity contribution in [1.29, 1.82) is 0 Å². The van der Waals surface area contributed by atoms with Crippen LogP contribution in [0.25, 0.3) is 0 Å². The molecule has 0 aliphatic heterocycles. The lowest BCUT2D eigenvalue weighted by molar-refractivity contribution is -0.123. The van der Waals surface area contributed by atoms with Crippen LogP contribution in [0.2, 0.25) is 5.02 Å². The van der Waals surface area contributed by atoms with Crippen LogP contribution in [0.1, 0.15) is 17.3 Å². The van der Waals surface area contributed by atoms with Crippen molar-refractivity contribution < 1.29 is 27.5 Å². The summed E-state index contributed by atoms with van der Waals surface area (Å²) in [6.45, 7) is 1.37. The maximum atomic E-state index is 12.3. The number of rotatable bonds is 6. The van der Waals surface area contributed by atoms with E-state index in [4.69, 9.17) is 26.2 Å². The van der Waals surface area contributed by atoms with E-state index in [2.05, 4.69) is 5.32 Å². The summed E-state index contributed by atoms with van der Waals surface area (Å²) in [5, 5.41) is 7.58. The lowest BCUT2D eigenvalue weighted by atomic mass is 10.2. The maximum absolute atomic E-state index is 12.3. The van der Waals surface area contributed by atoms with Gasteiger partial charge in [0.1, 0.15) is 5.75 Å². The Morgan fingerprint density at radius 2 is 1.89 bits per heavy atom. The fraction of sp³-hybridized carbons (Fsp3) is 0.176. The van der Waals surface area contributed by atoms with E-state index in [1.54, 1.807) is 24.3 Å². The number of halogens is 1. The highest BCUT2D eigenvalue weighted by atomic mass is 35.5. The smallest absolute Gasteiger partial charge is 0.340 e. The van der Waals surface area contributed by atoms with Gasteiger partial charge in [-0.1, -0.05) is 17.7 Å². The molecule has 1 amide bonds. The second-order valence-corrected chi connectivity index (χ2v) is 7.42. The van der Waals surface area contributed by atoms with Gasteiger partial charge in [-0.15, -0.1) is 0 Å². The fourth-order valence-corrected chi connectivity index (χ4v) is 2.79. The number of primary sulfonamides is 1. The monoisotopic (exact) mass is 412 g/mol. The number of ether oxygens (including phenoxy) is 2. The van der Waals surface area contributed by atoms with E-state index in [0.717, 1.165) is 12.1 Å². The van der Waals surface area contributed by atoms with Gasteiger partial charge in [-0.3, -0.25) is 4.79 Å². The Bertz CT molecular complexity index is 977. The van der Waals surface area contributed by atoms with E-state index < -0.39 is 28.0 Å².